The quantitative estimate of drug-likeness (QED) is 0.816. The molecule has 6 nitrogen and oxygen atoms in total. The predicted octanol–water partition coefficient (Wildman–Crippen LogP) is 2.80. The van der Waals surface area contributed by atoms with Crippen molar-refractivity contribution < 1.29 is 9.18 Å². The Labute approximate surface area is 165 Å². The monoisotopic (exact) mass is 383 g/mol. The summed E-state index contributed by atoms with van der Waals surface area (Å²) < 4.78 is 13.8. The fraction of sp³-hybridized carbons (Fsp3) is 0.476. The number of piperazine rings is 1. The molecular weight excluding hydrogens is 357 g/mol. The Morgan fingerprint density at radius 2 is 1.50 bits per heavy atom. The molecule has 0 N–H and O–H groups in total. The Bertz CT molecular complexity index is 873. The van der Waals surface area contributed by atoms with Crippen molar-refractivity contribution in [3.8, 4) is 0 Å². The summed E-state index contributed by atoms with van der Waals surface area (Å²) in [6.45, 7) is 8.31. The maximum atomic E-state index is 13.8. The standard InChI is InChI=1S/C21H26FN5O/c1-15-5-6-17(13-18(15)22)21(28)27-11-9-26(10-12-27)20-14-19(23-16(2)24-20)25-7-3-4-8-25/h5-6,13-14H,3-4,7-12H2,1-2H3. The van der Waals surface area contributed by atoms with E-state index < -0.39 is 0 Å². The second-order valence-electron chi connectivity index (χ2n) is 7.57. The van der Waals surface area contributed by atoms with Gasteiger partial charge in [-0.2, -0.15) is 0 Å². The van der Waals surface area contributed by atoms with Gasteiger partial charge in [-0.05, 0) is 44.4 Å². The van der Waals surface area contributed by atoms with E-state index in [2.05, 4.69) is 25.8 Å². The van der Waals surface area contributed by atoms with Crippen LogP contribution in [0, 0.1) is 19.7 Å². The normalized spacial score (nSPS) is 17.3. The highest BCUT2D eigenvalue weighted by atomic mass is 19.1. The smallest absolute Gasteiger partial charge is 0.254 e. The fourth-order valence-corrected chi connectivity index (χ4v) is 3.85. The van der Waals surface area contributed by atoms with Gasteiger partial charge in [-0.1, -0.05) is 6.07 Å². The molecule has 28 heavy (non-hydrogen) atoms. The van der Waals surface area contributed by atoms with Crippen LogP contribution in [0.4, 0.5) is 16.0 Å². The lowest BCUT2D eigenvalue weighted by Crippen LogP contribution is -2.49. The molecule has 2 aliphatic rings. The van der Waals surface area contributed by atoms with Gasteiger partial charge in [0.1, 0.15) is 23.3 Å². The van der Waals surface area contributed by atoms with Crippen molar-refractivity contribution in [2.75, 3.05) is 49.1 Å². The Hall–Kier alpha value is -2.70. The average molecular weight is 383 g/mol. The molecule has 0 unspecified atom stereocenters. The van der Waals surface area contributed by atoms with Gasteiger partial charge in [0, 0.05) is 50.9 Å². The number of carbonyl (C=O) groups is 1. The van der Waals surface area contributed by atoms with Crippen molar-refractivity contribution in [1.82, 2.24) is 14.9 Å². The Morgan fingerprint density at radius 3 is 2.11 bits per heavy atom. The molecule has 1 aromatic heterocycles. The highest BCUT2D eigenvalue weighted by molar-refractivity contribution is 5.94. The molecule has 2 aliphatic heterocycles. The lowest BCUT2D eigenvalue weighted by molar-refractivity contribution is 0.0746. The minimum absolute atomic E-state index is 0.116. The molecule has 4 rings (SSSR count). The molecule has 2 aromatic rings. The number of aromatic nitrogens is 2. The minimum atomic E-state index is -0.338. The number of hydrogen-bond acceptors (Lipinski definition) is 5. The highest BCUT2D eigenvalue weighted by Crippen LogP contribution is 2.24. The number of nitrogens with zero attached hydrogens (tertiary/aromatic N) is 5. The van der Waals surface area contributed by atoms with Gasteiger partial charge in [0.2, 0.25) is 0 Å². The first kappa shape index (κ1) is 18.7. The van der Waals surface area contributed by atoms with Gasteiger partial charge in [0.15, 0.2) is 0 Å². The van der Waals surface area contributed by atoms with Crippen LogP contribution in [0.5, 0.6) is 0 Å². The van der Waals surface area contributed by atoms with Crippen LogP contribution in [0.2, 0.25) is 0 Å². The molecule has 2 saturated heterocycles. The summed E-state index contributed by atoms with van der Waals surface area (Å²) in [5.41, 5.74) is 0.958. The van der Waals surface area contributed by atoms with Gasteiger partial charge in [-0.25, -0.2) is 14.4 Å². The van der Waals surface area contributed by atoms with Gasteiger partial charge in [0.25, 0.3) is 5.91 Å². The van der Waals surface area contributed by atoms with Crippen LogP contribution in [0.1, 0.15) is 34.6 Å². The number of benzene rings is 1. The Morgan fingerprint density at radius 1 is 0.893 bits per heavy atom. The summed E-state index contributed by atoms with van der Waals surface area (Å²) in [5, 5.41) is 0. The van der Waals surface area contributed by atoms with Crippen molar-refractivity contribution >= 4 is 17.5 Å². The van der Waals surface area contributed by atoms with Gasteiger partial charge in [-0.15, -0.1) is 0 Å². The van der Waals surface area contributed by atoms with E-state index in [-0.39, 0.29) is 11.7 Å². The zero-order valence-corrected chi connectivity index (χ0v) is 16.5. The van der Waals surface area contributed by atoms with Crippen LogP contribution in [-0.4, -0.2) is 60.0 Å². The summed E-state index contributed by atoms with van der Waals surface area (Å²) in [4.78, 5) is 28.2. The molecule has 148 valence electrons. The van der Waals surface area contributed by atoms with Crippen LogP contribution in [0.25, 0.3) is 0 Å². The summed E-state index contributed by atoms with van der Waals surface area (Å²) in [5.74, 6) is 2.23. The van der Waals surface area contributed by atoms with Crippen molar-refractivity contribution in [2.24, 2.45) is 0 Å². The van der Waals surface area contributed by atoms with Gasteiger partial charge in [0.05, 0.1) is 0 Å². The van der Waals surface area contributed by atoms with E-state index in [1.807, 2.05) is 6.92 Å². The third kappa shape index (κ3) is 3.79. The summed E-state index contributed by atoms with van der Waals surface area (Å²) in [6, 6.07) is 6.75. The number of amides is 1. The molecule has 0 aliphatic carbocycles. The summed E-state index contributed by atoms with van der Waals surface area (Å²) in [6.07, 6.45) is 2.41. The third-order valence-electron chi connectivity index (χ3n) is 5.55. The van der Waals surface area contributed by atoms with Crippen LogP contribution >= 0.6 is 0 Å². The second-order valence-corrected chi connectivity index (χ2v) is 7.57. The van der Waals surface area contributed by atoms with Crippen LogP contribution in [-0.2, 0) is 0 Å². The molecule has 0 atom stereocenters. The van der Waals surface area contributed by atoms with Crippen LogP contribution < -0.4 is 9.80 Å². The van der Waals surface area contributed by atoms with Crippen LogP contribution in [0.15, 0.2) is 24.3 Å². The van der Waals surface area contributed by atoms with Gasteiger partial charge < -0.3 is 14.7 Å². The van der Waals surface area contributed by atoms with E-state index in [1.54, 1.807) is 24.0 Å². The van der Waals surface area contributed by atoms with Gasteiger partial charge in [-0.3, -0.25) is 4.79 Å². The van der Waals surface area contributed by atoms with Crippen molar-refractivity contribution in [2.45, 2.75) is 26.7 Å². The number of halogens is 1. The lowest BCUT2D eigenvalue weighted by Gasteiger charge is -2.35. The first-order valence-electron chi connectivity index (χ1n) is 9.92. The number of hydrogen-bond donors (Lipinski definition) is 0. The maximum absolute atomic E-state index is 13.8. The van der Waals surface area contributed by atoms with E-state index in [0.717, 1.165) is 30.5 Å². The highest BCUT2D eigenvalue weighted by Gasteiger charge is 2.24. The number of rotatable bonds is 3. The molecule has 0 spiro atoms. The largest absolute Gasteiger partial charge is 0.356 e. The third-order valence-corrected chi connectivity index (χ3v) is 5.55. The maximum Gasteiger partial charge on any atom is 0.254 e. The molecule has 1 aromatic carbocycles. The van der Waals surface area contributed by atoms with Crippen molar-refractivity contribution in [1.29, 1.82) is 0 Å². The topological polar surface area (TPSA) is 52.6 Å². The molecule has 0 saturated carbocycles. The Balaban J connectivity index is 1.44. The van der Waals surface area contributed by atoms with Crippen molar-refractivity contribution in [3.05, 3.63) is 47.0 Å². The van der Waals surface area contributed by atoms with E-state index >= 15 is 0 Å². The van der Waals surface area contributed by atoms with Gasteiger partial charge >= 0.3 is 0 Å². The first-order valence-corrected chi connectivity index (χ1v) is 9.92. The predicted molar refractivity (Wildman–Crippen MR) is 107 cm³/mol. The molecule has 0 bridgehead atoms. The Kier molecular flexibility index (Phi) is 5.15. The minimum Gasteiger partial charge on any atom is -0.356 e. The second kappa shape index (κ2) is 7.73. The number of aryl methyl sites for hydroxylation is 2. The number of carbonyl (C=O) groups excluding carboxylic acids is 1. The zero-order valence-electron chi connectivity index (χ0n) is 16.5. The number of anilines is 2. The first-order chi connectivity index (χ1) is 13.5. The van der Waals surface area contributed by atoms with E-state index in [0.29, 0.717) is 37.3 Å². The van der Waals surface area contributed by atoms with E-state index in [9.17, 15) is 9.18 Å². The molecule has 3 heterocycles. The molecule has 1 amide bonds. The molecular formula is C21H26FN5O. The SMILES string of the molecule is Cc1nc(N2CCCC2)cc(N2CCN(C(=O)c3ccc(C)c(F)c3)CC2)n1. The summed E-state index contributed by atoms with van der Waals surface area (Å²) >= 11 is 0. The average Bonchev–Trinajstić information content (AvgIpc) is 3.24. The molecule has 7 heteroatoms. The summed E-state index contributed by atoms with van der Waals surface area (Å²) in [7, 11) is 0. The molecule has 0 radical (unpaired) electrons. The zero-order chi connectivity index (χ0) is 19.7. The molecule has 2 fully saturated rings. The fourth-order valence-electron chi connectivity index (χ4n) is 3.85. The lowest BCUT2D eigenvalue weighted by atomic mass is 10.1. The van der Waals surface area contributed by atoms with E-state index in [4.69, 9.17) is 0 Å². The van der Waals surface area contributed by atoms with Crippen LogP contribution in [0.3, 0.4) is 0 Å². The van der Waals surface area contributed by atoms with Crippen molar-refractivity contribution in [3.63, 3.8) is 0 Å². The van der Waals surface area contributed by atoms with E-state index in [1.165, 1.54) is 18.9 Å².